The molecule has 2 aromatic heterocycles. The molecular weight excluding hydrogens is 459 g/mol. The maximum absolute atomic E-state index is 14.1. The average molecular weight is 479 g/mol. The van der Waals surface area contributed by atoms with Gasteiger partial charge >= 0.3 is 0 Å². The lowest BCUT2D eigenvalue weighted by molar-refractivity contribution is -0.105. The number of halogens is 1. The van der Waals surface area contributed by atoms with Gasteiger partial charge in [0.2, 0.25) is 6.41 Å². The van der Waals surface area contributed by atoms with Gasteiger partial charge in [0.15, 0.2) is 0 Å². The Balaban J connectivity index is 1.68. The normalized spacial score (nSPS) is 15.5. The fourth-order valence-electron chi connectivity index (χ4n) is 4.07. The second-order valence-electron chi connectivity index (χ2n) is 7.55. The second-order valence-corrected chi connectivity index (χ2v) is 9.73. The fraction of sp³-hybridized carbons (Fsp3) is 0.125. The van der Waals surface area contributed by atoms with E-state index in [-0.39, 0.29) is 11.5 Å². The smallest absolute Gasteiger partial charge is 0.262 e. The van der Waals surface area contributed by atoms with Crippen LogP contribution in [0.3, 0.4) is 0 Å². The van der Waals surface area contributed by atoms with Crippen LogP contribution in [0.2, 0.25) is 0 Å². The number of rotatable bonds is 5. The third-order valence-corrected chi connectivity index (χ3v) is 7.45. The van der Waals surface area contributed by atoms with Gasteiger partial charge in [0.1, 0.15) is 12.0 Å². The Hall–Kier alpha value is -3.56. The molecule has 9 heteroatoms. The van der Waals surface area contributed by atoms with E-state index in [1.807, 2.05) is 36.4 Å². The van der Waals surface area contributed by atoms with Gasteiger partial charge in [0, 0.05) is 17.3 Å². The number of hydrogen-bond acceptors (Lipinski definition) is 6. The number of amides is 2. The Morgan fingerprint density at radius 1 is 1.12 bits per heavy atom. The number of thiophene rings is 1. The van der Waals surface area contributed by atoms with Crippen molar-refractivity contribution in [2.45, 2.75) is 13.1 Å². The molecular formula is C24H19FN4O2S2. The van der Waals surface area contributed by atoms with Gasteiger partial charge in [-0.15, -0.1) is 22.7 Å². The molecule has 0 aliphatic carbocycles. The highest BCUT2D eigenvalue weighted by Crippen LogP contribution is 2.45. The molecule has 2 aromatic carbocycles. The summed E-state index contributed by atoms with van der Waals surface area (Å²) in [4.78, 5) is 35.0. The quantitative estimate of drug-likeness (QED) is 0.375. The number of thiazole rings is 1. The van der Waals surface area contributed by atoms with E-state index in [1.54, 1.807) is 57.9 Å². The van der Waals surface area contributed by atoms with Crippen LogP contribution < -0.4 is 15.1 Å². The molecule has 0 saturated carbocycles. The molecule has 1 aliphatic rings. The summed E-state index contributed by atoms with van der Waals surface area (Å²) in [5.41, 5.74) is 2.83. The third kappa shape index (κ3) is 3.69. The summed E-state index contributed by atoms with van der Waals surface area (Å²) >= 11 is 3.14. The molecule has 1 N–H and O–H groups in total. The van der Waals surface area contributed by atoms with Crippen molar-refractivity contribution in [3.05, 3.63) is 81.2 Å². The van der Waals surface area contributed by atoms with E-state index < -0.39 is 12.0 Å². The Labute approximate surface area is 197 Å². The minimum absolute atomic E-state index is 0.265. The SMILES string of the molecule is Cc1nc(-c2ccc(C3N(C)c4ccc(F)cc4C(=O)N3c3ccccc3NC=O)s2)cs1. The molecule has 1 atom stereocenters. The van der Waals surface area contributed by atoms with E-state index in [9.17, 15) is 14.0 Å². The van der Waals surface area contributed by atoms with Gasteiger partial charge in [-0.2, -0.15) is 0 Å². The topological polar surface area (TPSA) is 65.5 Å². The molecule has 1 unspecified atom stereocenters. The minimum Gasteiger partial charge on any atom is -0.349 e. The monoisotopic (exact) mass is 478 g/mol. The third-order valence-electron chi connectivity index (χ3n) is 5.53. The molecule has 0 radical (unpaired) electrons. The highest BCUT2D eigenvalue weighted by molar-refractivity contribution is 7.16. The van der Waals surface area contributed by atoms with E-state index >= 15 is 0 Å². The number of para-hydroxylation sites is 2. The Bertz CT molecular complexity index is 1370. The predicted molar refractivity (Wildman–Crippen MR) is 131 cm³/mol. The van der Waals surface area contributed by atoms with Crippen LogP contribution in [-0.4, -0.2) is 24.3 Å². The molecule has 4 aromatic rings. The van der Waals surface area contributed by atoms with Gasteiger partial charge in [-0.05, 0) is 49.4 Å². The fourth-order valence-corrected chi connectivity index (χ4v) is 5.86. The summed E-state index contributed by atoms with van der Waals surface area (Å²) in [6.45, 7) is 1.96. The molecule has 6 nitrogen and oxygen atoms in total. The Kier molecular flexibility index (Phi) is 5.43. The van der Waals surface area contributed by atoms with Crippen molar-refractivity contribution in [2.75, 3.05) is 22.2 Å². The van der Waals surface area contributed by atoms with E-state index in [2.05, 4.69) is 10.3 Å². The van der Waals surface area contributed by atoms with Gasteiger partial charge in [-0.25, -0.2) is 9.37 Å². The molecule has 0 spiro atoms. The van der Waals surface area contributed by atoms with E-state index in [0.717, 1.165) is 20.5 Å². The Morgan fingerprint density at radius 2 is 1.94 bits per heavy atom. The summed E-state index contributed by atoms with van der Waals surface area (Å²) in [7, 11) is 1.88. The minimum atomic E-state index is -0.497. The van der Waals surface area contributed by atoms with Crippen LogP contribution in [0, 0.1) is 12.7 Å². The van der Waals surface area contributed by atoms with Crippen LogP contribution in [0.15, 0.2) is 60.0 Å². The summed E-state index contributed by atoms with van der Waals surface area (Å²) < 4.78 is 14.1. The summed E-state index contributed by atoms with van der Waals surface area (Å²) in [6.07, 6.45) is 0.0801. The van der Waals surface area contributed by atoms with Crippen molar-refractivity contribution >= 4 is 52.1 Å². The van der Waals surface area contributed by atoms with Crippen molar-refractivity contribution in [2.24, 2.45) is 0 Å². The maximum Gasteiger partial charge on any atom is 0.262 e. The van der Waals surface area contributed by atoms with Gasteiger partial charge < -0.3 is 10.2 Å². The summed E-state index contributed by atoms with van der Waals surface area (Å²) in [5.74, 6) is -0.822. The van der Waals surface area contributed by atoms with E-state index in [1.165, 1.54) is 12.1 Å². The number of benzene rings is 2. The zero-order chi connectivity index (χ0) is 23.1. The molecule has 33 heavy (non-hydrogen) atoms. The number of anilines is 3. The van der Waals surface area contributed by atoms with Crippen LogP contribution >= 0.6 is 22.7 Å². The molecule has 5 rings (SSSR count). The van der Waals surface area contributed by atoms with Crippen LogP contribution in [0.1, 0.15) is 26.4 Å². The predicted octanol–water partition coefficient (Wildman–Crippen LogP) is 5.68. The Morgan fingerprint density at radius 3 is 2.70 bits per heavy atom. The van der Waals surface area contributed by atoms with Crippen molar-refractivity contribution in [1.82, 2.24) is 4.98 Å². The molecule has 3 heterocycles. The first-order valence-electron chi connectivity index (χ1n) is 10.2. The van der Waals surface area contributed by atoms with E-state index in [0.29, 0.717) is 23.5 Å². The number of hydrogen-bond donors (Lipinski definition) is 1. The van der Waals surface area contributed by atoms with Gasteiger partial charge in [0.25, 0.3) is 5.91 Å². The lowest BCUT2D eigenvalue weighted by Gasteiger charge is -2.43. The molecule has 0 fully saturated rings. The number of carbonyl (C=O) groups excluding carboxylic acids is 2. The first-order valence-corrected chi connectivity index (χ1v) is 11.8. The molecule has 2 amide bonds. The molecule has 0 saturated heterocycles. The van der Waals surface area contributed by atoms with Crippen molar-refractivity contribution < 1.29 is 14.0 Å². The van der Waals surface area contributed by atoms with Crippen molar-refractivity contribution in [3.63, 3.8) is 0 Å². The number of aromatic nitrogens is 1. The van der Waals surface area contributed by atoms with Crippen LogP contribution in [-0.2, 0) is 4.79 Å². The number of nitrogens with zero attached hydrogens (tertiary/aromatic N) is 3. The first kappa shape index (κ1) is 21.3. The number of carbonyl (C=O) groups is 2. The summed E-state index contributed by atoms with van der Waals surface area (Å²) in [6, 6.07) is 15.3. The lowest BCUT2D eigenvalue weighted by atomic mass is 10.0. The van der Waals surface area contributed by atoms with Gasteiger partial charge in [0.05, 0.1) is 38.2 Å². The first-order chi connectivity index (χ1) is 16.0. The van der Waals surface area contributed by atoms with Crippen molar-refractivity contribution in [3.8, 4) is 10.6 Å². The summed E-state index contributed by atoms with van der Waals surface area (Å²) in [5, 5.41) is 5.67. The largest absolute Gasteiger partial charge is 0.349 e. The van der Waals surface area contributed by atoms with Crippen molar-refractivity contribution in [1.29, 1.82) is 0 Å². The second kappa shape index (κ2) is 8.42. The van der Waals surface area contributed by atoms with E-state index in [4.69, 9.17) is 0 Å². The zero-order valence-corrected chi connectivity index (χ0v) is 19.4. The highest BCUT2D eigenvalue weighted by atomic mass is 32.1. The van der Waals surface area contributed by atoms with Gasteiger partial charge in [-0.1, -0.05) is 12.1 Å². The van der Waals surface area contributed by atoms with Crippen LogP contribution in [0.25, 0.3) is 10.6 Å². The maximum atomic E-state index is 14.1. The molecule has 166 valence electrons. The number of aryl methyl sites for hydroxylation is 1. The number of fused-ring (bicyclic) bond motifs is 1. The van der Waals surface area contributed by atoms with Crippen LogP contribution in [0.4, 0.5) is 21.5 Å². The standard InChI is InChI=1S/C24H19FN4O2S2/c1-14-27-18(12-32-14)21-9-10-22(33-21)23-28(2)19-8-7-15(25)11-16(19)24(31)29(23)20-6-4-3-5-17(20)26-13-30/h3-13,23H,1-2H3,(H,26,30). The van der Waals surface area contributed by atoms with Gasteiger partial charge in [-0.3, -0.25) is 14.5 Å². The van der Waals surface area contributed by atoms with Crippen LogP contribution in [0.5, 0.6) is 0 Å². The number of nitrogens with one attached hydrogen (secondary N) is 1. The average Bonchev–Trinajstić information content (AvgIpc) is 3.46. The highest BCUT2D eigenvalue weighted by Gasteiger charge is 2.39. The zero-order valence-electron chi connectivity index (χ0n) is 17.8. The molecule has 1 aliphatic heterocycles. The molecule has 0 bridgehead atoms. The lowest BCUT2D eigenvalue weighted by Crippen LogP contribution is -2.48.